The van der Waals surface area contributed by atoms with Gasteiger partial charge in [-0.2, -0.15) is 0 Å². The van der Waals surface area contributed by atoms with Gasteiger partial charge in [-0.1, -0.05) is 11.6 Å². The van der Waals surface area contributed by atoms with Crippen molar-refractivity contribution in [3.8, 4) is 0 Å². The number of carbonyl (C=O) groups excluding carboxylic acids is 1. The topological polar surface area (TPSA) is 38.8 Å². The second-order valence-electron chi connectivity index (χ2n) is 4.67. The highest BCUT2D eigenvalue weighted by Crippen LogP contribution is 2.28. The molecule has 1 aliphatic rings. The monoisotopic (exact) mass is 283 g/mol. The Kier molecular flexibility index (Phi) is 4.45. The van der Waals surface area contributed by atoms with E-state index < -0.39 is 0 Å². The lowest BCUT2D eigenvalue weighted by Crippen LogP contribution is -2.27. The zero-order valence-electron chi connectivity index (χ0n) is 11.4. The number of methoxy groups -OCH3 is 2. The number of carbonyl (C=O) groups is 1. The van der Waals surface area contributed by atoms with Gasteiger partial charge in [0.1, 0.15) is 12.2 Å². The Morgan fingerprint density at radius 1 is 1.26 bits per heavy atom. The summed E-state index contributed by atoms with van der Waals surface area (Å²) in [5.74, 6) is -0.0255. The predicted molar refractivity (Wildman–Crippen MR) is 75.3 cm³/mol. The fraction of sp³-hybridized carbons (Fsp3) is 0.500. The fourth-order valence-electron chi connectivity index (χ4n) is 2.39. The molecule has 0 N–H and O–H groups in total. The van der Waals surface area contributed by atoms with E-state index in [-0.39, 0.29) is 18.0 Å². The summed E-state index contributed by atoms with van der Waals surface area (Å²) in [5, 5.41) is 0.486. The van der Waals surface area contributed by atoms with Crippen LogP contribution < -0.4 is 4.90 Å². The summed E-state index contributed by atoms with van der Waals surface area (Å²) in [4.78, 5) is 13.5. The van der Waals surface area contributed by atoms with E-state index in [2.05, 4.69) is 4.90 Å². The predicted octanol–water partition coefficient (Wildman–Crippen LogP) is 2.39. The Bertz CT molecular complexity index is 466. The molecule has 5 heteroatoms. The van der Waals surface area contributed by atoms with Crippen LogP contribution in [0, 0.1) is 0 Å². The third-order valence-corrected chi connectivity index (χ3v) is 3.83. The molecule has 2 unspecified atom stereocenters. The molecule has 0 amide bonds. The zero-order chi connectivity index (χ0) is 14.0. The molecule has 0 saturated carbocycles. The van der Waals surface area contributed by atoms with Gasteiger partial charge in [0.05, 0.1) is 5.02 Å². The van der Waals surface area contributed by atoms with Gasteiger partial charge >= 0.3 is 0 Å². The fourth-order valence-corrected chi connectivity index (χ4v) is 2.70. The Balaban J connectivity index is 2.20. The van der Waals surface area contributed by atoms with E-state index >= 15 is 0 Å². The summed E-state index contributed by atoms with van der Waals surface area (Å²) >= 11 is 6.13. The molecule has 0 spiro atoms. The molecule has 1 fully saturated rings. The van der Waals surface area contributed by atoms with E-state index in [0.29, 0.717) is 10.6 Å². The molecular weight excluding hydrogens is 266 g/mol. The van der Waals surface area contributed by atoms with Gasteiger partial charge in [0.2, 0.25) is 0 Å². The average Bonchev–Trinajstić information content (AvgIpc) is 2.81. The van der Waals surface area contributed by atoms with Crippen LogP contribution in [0.5, 0.6) is 0 Å². The second-order valence-corrected chi connectivity index (χ2v) is 5.08. The third-order valence-electron chi connectivity index (χ3n) is 3.52. The Morgan fingerprint density at radius 3 is 2.26 bits per heavy atom. The van der Waals surface area contributed by atoms with Crippen molar-refractivity contribution < 1.29 is 14.3 Å². The molecule has 19 heavy (non-hydrogen) atoms. The molecule has 1 aromatic carbocycles. The molecule has 1 saturated heterocycles. The number of benzene rings is 1. The first-order valence-electron chi connectivity index (χ1n) is 6.17. The van der Waals surface area contributed by atoms with Gasteiger partial charge in [-0.3, -0.25) is 4.79 Å². The molecule has 1 heterocycles. The number of hydrogen-bond donors (Lipinski definition) is 0. The Labute approximate surface area is 118 Å². The molecule has 104 valence electrons. The van der Waals surface area contributed by atoms with Crippen molar-refractivity contribution in [1.82, 2.24) is 0 Å². The molecule has 0 radical (unpaired) electrons. The van der Waals surface area contributed by atoms with Gasteiger partial charge < -0.3 is 14.4 Å². The van der Waals surface area contributed by atoms with Crippen LogP contribution in [0.4, 0.5) is 5.69 Å². The van der Waals surface area contributed by atoms with E-state index in [9.17, 15) is 4.79 Å². The summed E-state index contributed by atoms with van der Waals surface area (Å²) < 4.78 is 10.8. The summed E-state index contributed by atoms with van der Waals surface area (Å²) in [6.07, 6.45) is 0.104. The smallest absolute Gasteiger partial charge is 0.161 e. The van der Waals surface area contributed by atoms with Crippen molar-refractivity contribution in [2.75, 3.05) is 32.2 Å². The molecule has 1 aliphatic heterocycles. The van der Waals surface area contributed by atoms with Gasteiger partial charge in [0.15, 0.2) is 5.78 Å². The maximum absolute atomic E-state index is 11.4. The first kappa shape index (κ1) is 14.3. The van der Waals surface area contributed by atoms with Crippen LogP contribution in [0.3, 0.4) is 0 Å². The van der Waals surface area contributed by atoms with E-state index in [0.717, 1.165) is 18.8 Å². The SMILES string of the molecule is COC1CN(c2ccc(C(C)=O)c(Cl)c2)CC1OC. The number of anilines is 1. The van der Waals surface area contributed by atoms with Crippen LogP contribution in [0.1, 0.15) is 17.3 Å². The normalized spacial score (nSPS) is 22.8. The first-order valence-corrected chi connectivity index (χ1v) is 6.55. The second kappa shape index (κ2) is 5.90. The lowest BCUT2D eigenvalue weighted by molar-refractivity contribution is -0.00461. The van der Waals surface area contributed by atoms with E-state index in [1.165, 1.54) is 6.92 Å². The van der Waals surface area contributed by atoms with E-state index in [4.69, 9.17) is 21.1 Å². The van der Waals surface area contributed by atoms with Crippen molar-refractivity contribution >= 4 is 23.1 Å². The quantitative estimate of drug-likeness (QED) is 0.796. The molecule has 0 aromatic heterocycles. The molecular formula is C14H18ClNO3. The number of Topliss-reactive ketones (excluding diaryl/α,β-unsaturated/α-hetero) is 1. The first-order chi connectivity index (χ1) is 9.06. The van der Waals surface area contributed by atoms with Crippen molar-refractivity contribution in [2.24, 2.45) is 0 Å². The maximum Gasteiger partial charge on any atom is 0.161 e. The number of halogens is 1. The van der Waals surface area contributed by atoms with Crippen molar-refractivity contribution in [1.29, 1.82) is 0 Å². The van der Waals surface area contributed by atoms with Crippen molar-refractivity contribution in [3.05, 3.63) is 28.8 Å². The van der Waals surface area contributed by atoms with E-state index in [1.54, 1.807) is 20.3 Å². The number of nitrogens with zero attached hydrogens (tertiary/aromatic N) is 1. The van der Waals surface area contributed by atoms with Crippen LogP contribution in [-0.4, -0.2) is 45.3 Å². The van der Waals surface area contributed by atoms with Crippen LogP contribution in [-0.2, 0) is 9.47 Å². The van der Waals surface area contributed by atoms with Crippen LogP contribution in [0.2, 0.25) is 5.02 Å². The molecule has 2 atom stereocenters. The maximum atomic E-state index is 11.4. The Hall–Kier alpha value is -1.10. The highest BCUT2D eigenvalue weighted by Gasteiger charge is 2.33. The van der Waals surface area contributed by atoms with Gasteiger partial charge in [-0.05, 0) is 25.1 Å². The highest BCUT2D eigenvalue weighted by atomic mass is 35.5. The molecule has 4 nitrogen and oxygen atoms in total. The summed E-state index contributed by atoms with van der Waals surface area (Å²) in [5.41, 5.74) is 1.53. The van der Waals surface area contributed by atoms with Gasteiger partial charge in [0.25, 0.3) is 0 Å². The van der Waals surface area contributed by atoms with Crippen LogP contribution >= 0.6 is 11.6 Å². The third kappa shape index (κ3) is 2.91. The van der Waals surface area contributed by atoms with Gasteiger partial charge in [-0.15, -0.1) is 0 Å². The van der Waals surface area contributed by atoms with E-state index in [1.807, 2.05) is 12.1 Å². The number of rotatable bonds is 4. The number of ketones is 1. The van der Waals surface area contributed by atoms with Crippen LogP contribution in [0.25, 0.3) is 0 Å². The number of hydrogen-bond acceptors (Lipinski definition) is 4. The summed E-state index contributed by atoms with van der Waals surface area (Å²) in [6.45, 7) is 3.02. The molecule has 2 rings (SSSR count). The van der Waals surface area contributed by atoms with Gasteiger partial charge in [-0.25, -0.2) is 0 Å². The largest absolute Gasteiger partial charge is 0.377 e. The Morgan fingerprint density at radius 2 is 1.84 bits per heavy atom. The minimum absolute atomic E-state index is 0.0255. The van der Waals surface area contributed by atoms with Crippen LogP contribution in [0.15, 0.2) is 18.2 Å². The summed E-state index contributed by atoms with van der Waals surface area (Å²) in [6, 6.07) is 5.50. The lowest BCUT2D eigenvalue weighted by atomic mass is 10.1. The zero-order valence-corrected chi connectivity index (χ0v) is 12.1. The van der Waals surface area contributed by atoms with Crippen molar-refractivity contribution in [3.63, 3.8) is 0 Å². The summed E-state index contributed by atoms with van der Waals surface area (Å²) in [7, 11) is 3.37. The molecule has 0 aliphatic carbocycles. The average molecular weight is 284 g/mol. The minimum atomic E-state index is -0.0255. The van der Waals surface area contributed by atoms with Gasteiger partial charge in [0, 0.05) is 38.6 Å². The van der Waals surface area contributed by atoms with Crippen molar-refractivity contribution in [2.45, 2.75) is 19.1 Å². The highest BCUT2D eigenvalue weighted by molar-refractivity contribution is 6.34. The molecule has 1 aromatic rings. The molecule has 0 bridgehead atoms. The number of ether oxygens (including phenoxy) is 2. The minimum Gasteiger partial charge on any atom is -0.377 e. The lowest BCUT2D eigenvalue weighted by Gasteiger charge is -2.18. The standard InChI is InChI=1S/C14H18ClNO3/c1-9(17)11-5-4-10(6-12(11)15)16-7-13(18-2)14(8-16)19-3/h4-6,13-14H,7-8H2,1-3H3.